The van der Waals surface area contributed by atoms with Crippen molar-refractivity contribution in [2.24, 2.45) is 0 Å². The van der Waals surface area contributed by atoms with E-state index < -0.39 is 0 Å². The smallest absolute Gasteiger partial charge is 0.319 e. The lowest BCUT2D eigenvalue weighted by Crippen LogP contribution is -2.34. The molecule has 22 heavy (non-hydrogen) atoms. The highest BCUT2D eigenvalue weighted by molar-refractivity contribution is 6.06. The van der Waals surface area contributed by atoms with Crippen LogP contribution in [0.5, 0.6) is 0 Å². The van der Waals surface area contributed by atoms with E-state index in [2.05, 4.69) is 16.0 Å². The minimum atomic E-state index is -0.293. The number of carbonyl (C=O) groups is 2. The maximum absolute atomic E-state index is 11.9. The van der Waals surface area contributed by atoms with Gasteiger partial charge in [-0.15, -0.1) is 0 Å². The van der Waals surface area contributed by atoms with Crippen LogP contribution in [0.1, 0.15) is 5.56 Å². The molecular weight excluding hydrogens is 278 g/mol. The number of benzene rings is 2. The fourth-order valence-electron chi connectivity index (χ4n) is 2.15. The fourth-order valence-corrected chi connectivity index (χ4v) is 2.15. The van der Waals surface area contributed by atoms with Crippen molar-refractivity contribution >= 4 is 29.9 Å². The van der Waals surface area contributed by atoms with Gasteiger partial charge in [0.1, 0.15) is 0 Å². The molecule has 5 heteroatoms. The molecular formula is C17H14N3O2. The summed E-state index contributed by atoms with van der Waals surface area (Å²) in [6.07, 6.45) is 2.97. The van der Waals surface area contributed by atoms with Crippen LogP contribution in [-0.4, -0.2) is 11.9 Å². The molecule has 0 unspecified atom stereocenters. The number of fused-ring (bicyclic) bond motifs is 1. The number of rotatable bonds is 3. The molecule has 3 rings (SSSR count). The number of carbonyl (C=O) groups excluding carboxylic acids is 2. The Morgan fingerprint density at radius 1 is 1.05 bits per heavy atom. The summed E-state index contributed by atoms with van der Waals surface area (Å²) in [6.45, 7) is 0.453. The summed E-state index contributed by atoms with van der Waals surface area (Å²) in [5.74, 6) is -0.293. The molecule has 1 aliphatic heterocycles. The SMILES string of the molecule is O=C1C=c2cc(NC(=O)NCc3ccccc3)ccc2=C[N]1. The minimum Gasteiger partial charge on any atom is -0.334 e. The summed E-state index contributed by atoms with van der Waals surface area (Å²) in [6, 6.07) is 14.7. The van der Waals surface area contributed by atoms with Crippen molar-refractivity contribution in [3.8, 4) is 0 Å². The maximum atomic E-state index is 11.9. The van der Waals surface area contributed by atoms with Gasteiger partial charge in [-0.3, -0.25) is 4.79 Å². The second-order valence-corrected chi connectivity index (χ2v) is 4.88. The Hall–Kier alpha value is -3.08. The van der Waals surface area contributed by atoms with E-state index in [0.29, 0.717) is 12.2 Å². The van der Waals surface area contributed by atoms with Gasteiger partial charge >= 0.3 is 6.03 Å². The Kier molecular flexibility index (Phi) is 3.87. The molecule has 109 valence electrons. The molecule has 0 atom stereocenters. The molecule has 3 amide bonds. The van der Waals surface area contributed by atoms with Crippen molar-refractivity contribution in [1.29, 1.82) is 0 Å². The maximum Gasteiger partial charge on any atom is 0.319 e. The molecule has 0 bridgehead atoms. The molecule has 5 nitrogen and oxygen atoms in total. The highest BCUT2D eigenvalue weighted by Gasteiger charge is 2.05. The van der Waals surface area contributed by atoms with Crippen molar-refractivity contribution < 1.29 is 9.59 Å². The van der Waals surface area contributed by atoms with Crippen LogP contribution in [0.3, 0.4) is 0 Å². The van der Waals surface area contributed by atoms with Crippen LogP contribution in [-0.2, 0) is 11.3 Å². The molecule has 2 N–H and O–H groups in total. The molecule has 1 heterocycles. The van der Waals surface area contributed by atoms with Crippen LogP contribution in [0.2, 0.25) is 0 Å². The molecule has 2 aromatic rings. The molecule has 0 aliphatic carbocycles. The van der Waals surface area contributed by atoms with Gasteiger partial charge < -0.3 is 10.6 Å². The summed E-state index contributed by atoms with van der Waals surface area (Å²) in [5, 5.41) is 10.8. The number of nitrogens with one attached hydrogen (secondary N) is 2. The highest BCUT2D eigenvalue weighted by atomic mass is 16.2. The minimum absolute atomic E-state index is 0.292. The third-order valence-electron chi connectivity index (χ3n) is 3.25. The zero-order chi connectivity index (χ0) is 15.4. The molecule has 0 fully saturated rings. The van der Waals surface area contributed by atoms with E-state index in [9.17, 15) is 9.59 Å². The van der Waals surface area contributed by atoms with E-state index in [1.54, 1.807) is 12.1 Å². The van der Waals surface area contributed by atoms with E-state index in [-0.39, 0.29) is 11.9 Å². The summed E-state index contributed by atoms with van der Waals surface area (Å²) in [7, 11) is 0. The lowest BCUT2D eigenvalue weighted by molar-refractivity contribution is -0.114. The highest BCUT2D eigenvalue weighted by Crippen LogP contribution is 2.02. The molecule has 0 saturated heterocycles. The number of amides is 3. The third-order valence-corrected chi connectivity index (χ3v) is 3.25. The second-order valence-electron chi connectivity index (χ2n) is 4.88. The first kappa shape index (κ1) is 13.9. The average Bonchev–Trinajstić information content (AvgIpc) is 2.53. The van der Waals surface area contributed by atoms with Gasteiger partial charge in [0.25, 0.3) is 5.91 Å². The van der Waals surface area contributed by atoms with Gasteiger partial charge in [0.2, 0.25) is 0 Å². The number of hydrogen-bond donors (Lipinski definition) is 2. The number of nitrogens with zero attached hydrogens (tertiary/aromatic N) is 1. The van der Waals surface area contributed by atoms with Gasteiger partial charge in [-0.1, -0.05) is 36.4 Å². The Labute approximate surface area is 127 Å². The van der Waals surface area contributed by atoms with Crippen molar-refractivity contribution in [2.45, 2.75) is 6.54 Å². The van der Waals surface area contributed by atoms with Crippen LogP contribution in [0.25, 0.3) is 12.3 Å². The largest absolute Gasteiger partial charge is 0.334 e. The van der Waals surface area contributed by atoms with Crippen molar-refractivity contribution in [3.05, 3.63) is 64.5 Å². The standard InChI is InChI=1S/C17H14N3O2/c21-16-9-14-8-15(7-6-13(14)11-18-16)20-17(22)19-10-12-4-2-1-3-5-12/h1-9,11H,10H2,(H2,19,20,22). The first-order valence-corrected chi connectivity index (χ1v) is 6.86. The third kappa shape index (κ3) is 3.32. The first-order valence-electron chi connectivity index (χ1n) is 6.86. The van der Waals surface area contributed by atoms with E-state index in [1.165, 1.54) is 12.3 Å². The molecule has 0 spiro atoms. The van der Waals surface area contributed by atoms with E-state index in [1.807, 2.05) is 36.4 Å². The van der Waals surface area contributed by atoms with Gasteiger partial charge in [-0.25, -0.2) is 10.1 Å². The molecule has 2 aromatic carbocycles. The summed E-state index contributed by atoms with van der Waals surface area (Å²) < 4.78 is 0. The zero-order valence-electron chi connectivity index (χ0n) is 11.7. The predicted molar refractivity (Wildman–Crippen MR) is 84.1 cm³/mol. The zero-order valence-corrected chi connectivity index (χ0v) is 11.7. The number of hydrogen-bond acceptors (Lipinski definition) is 2. The Morgan fingerprint density at radius 2 is 1.86 bits per heavy atom. The molecule has 1 aliphatic rings. The van der Waals surface area contributed by atoms with Crippen LogP contribution < -0.4 is 26.4 Å². The summed E-state index contributed by atoms with van der Waals surface area (Å²) in [4.78, 5) is 23.2. The van der Waals surface area contributed by atoms with Gasteiger partial charge in [-0.2, -0.15) is 0 Å². The number of urea groups is 1. The molecule has 1 radical (unpaired) electrons. The van der Waals surface area contributed by atoms with Gasteiger partial charge in [-0.05, 0) is 22.9 Å². The lowest BCUT2D eigenvalue weighted by Gasteiger charge is -2.08. The summed E-state index contributed by atoms with van der Waals surface area (Å²) in [5.41, 5.74) is 1.65. The quantitative estimate of drug-likeness (QED) is 0.873. The normalized spacial score (nSPS) is 12.3. The topological polar surface area (TPSA) is 72.3 Å². The van der Waals surface area contributed by atoms with Crippen LogP contribution in [0.15, 0.2) is 48.5 Å². The monoisotopic (exact) mass is 292 g/mol. The van der Waals surface area contributed by atoms with Crippen molar-refractivity contribution in [1.82, 2.24) is 10.6 Å². The van der Waals surface area contributed by atoms with Gasteiger partial charge in [0.15, 0.2) is 0 Å². The van der Waals surface area contributed by atoms with Crippen molar-refractivity contribution in [3.63, 3.8) is 0 Å². The fraction of sp³-hybridized carbons (Fsp3) is 0.0588. The molecule has 0 saturated carbocycles. The molecule has 0 aromatic heterocycles. The first-order chi connectivity index (χ1) is 10.7. The van der Waals surface area contributed by atoms with Crippen LogP contribution in [0, 0.1) is 0 Å². The van der Waals surface area contributed by atoms with Crippen molar-refractivity contribution in [2.75, 3.05) is 5.32 Å². The lowest BCUT2D eigenvalue weighted by atomic mass is 10.2. The van der Waals surface area contributed by atoms with E-state index >= 15 is 0 Å². The predicted octanol–water partition coefficient (Wildman–Crippen LogP) is 0.671. The van der Waals surface area contributed by atoms with Gasteiger partial charge in [0.05, 0.1) is 0 Å². The number of anilines is 1. The van der Waals surface area contributed by atoms with E-state index in [0.717, 1.165) is 16.0 Å². The second kappa shape index (κ2) is 6.13. The Bertz CT molecular complexity index is 829. The van der Waals surface area contributed by atoms with Crippen LogP contribution in [0.4, 0.5) is 10.5 Å². The summed E-state index contributed by atoms with van der Waals surface area (Å²) >= 11 is 0. The Balaban J connectivity index is 1.66. The van der Waals surface area contributed by atoms with Crippen LogP contribution >= 0.6 is 0 Å². The van der Waals surface area contributed by atoms with E-state index in [4.69, 9.17) is 0 Å². The average molecular weight is 292 g/mol. The van der Waals surface area contributed by atoms with Gasteiger partial charge in [0, 0.05) is 29.7 Å². The Morgan fingerprint density at radius 3 is 2.68 bits per heavy atom.